The lowest BCUT2D eigenvalue weighted by molar-refractivity contribution is 0.182. The van der Waals surface area contributed by atoms with Crippen molar-refractivity contribution in [1.82, 2.24) is 9.55 Å². The summed E-state index contributed by atoms with van der Waals surface area (Å²) in [6, 6.07) is 6.02. The summed E-state index contributed by atoms with van der Waals surface area (Å²) in [7, 11) is 0. The summed E-state index contributed by atoms with van der Waals surface area (Å²) in [4.78, 5) is 4.75. The molecule has 4 heteroatoms. The minimum Gasteiger partial charge on any atom is -0.399 e. The Hall–Kier alpha value is -1.55. The highest BCUT2D eigenvalue weighted by atomic mass is 16.5. The molecule has 19 heavy (non-hydrogen) atoms. The van der Waals surface area contributed by atoms with Crippen molar-refractivity contribution in [3.05, 3.63) is 24.0 Å². The summed E-state index contributed by atoms with van der Waals surface area (Å²) in [5.41, 5.74) is 8.85. The zero-order valence-corrected chi connectivity index (χ0v) is 11.4. The third-order valence-corrected chi connectivity index (χ3v) is 3.79. The molecule has 1 saturated heterocycles. The normalized spacial score (nSPS) is 19.3. The van der Waals surface area contributed by atoms with E-state index < -0.39 is 0 Å². The second-order valence-corrected chi connectivity index (χ2v) is 5.37. The maximum absolute atomic E-state index is 5.85. The number of nitrogens with two attached hydrogens (primary N) is 1. The van der Waals surface area contributed by atoms with E-state index >= 15 is 0 Å². The Kier molecular flexibility index (Phi) is 3.42. The predicted octanol–water partition coefficient (Wildman–Crippen LogP) is 2.61. The van der Waals surface area contributed by atoms with Crippen molar-refractivity contribution in [3.8, 4) is 0 Å². The fraction of sp³-hybridized carbons (Fsp3) is 0.533. The number of hydrogen-bond acceptors (Lipinski definition) is 3. The lowest BCUT2D eigenvalue weighted by atomic mass is 10.1. The highest BCUT2D eigenvalue weighted by molar-refractivity contribution is 5.79. The third kappa shape index (κ3) is 2.45. The van der Waals surface area contributed by atoms with E-state index in [0.29, 0.717) is 5.92 Å². The number of nitrogen functional groups attached to an aromatic ring is 1. The van der Waals surface area contributed by atoms with Crippen LogP contribution in [0.4, 0.5) is 5.69 Å². The van der Waals surface area contributed by atoms with Crippen molar-refractivity contribution in [2.75, 3.05) is 18.9 Å². The minimum absolute atomic E-state index is 0.616. The van der Waals surface area contributed by atoms with Gasteiger partial charge in [-0.15, -0.1) is 0 Å². The van der Waals surface area contributed by atoms with Crippen molar-refractivity contribution < 1.29 is 4.74 Å². The Bertz CT molecular complexity index is 570. The first kappa shape index (κ1) is 12.5. The van der Waals surface area contributed by atoms with E-state index in [1.807, 2.05) is 12.1 Å². The monoisotopic (exact) mass is 259 g/mol. The van der Waals surface area contributed by atoms with E-state index in [1.165, 1.54) is 11.3 Å². The Balaban J connectivity index is 2.00. The number of rotatable bonds is 4. The van der Waals surface area contributed by atoms with Crippen LogP contribution in [0.5, 0.6) is 0 Å². The summed E-state index contributed by atoms with van der Waals surface area (Å²) in [5.74, 6) is 1.79. The van der Waals surface area contributed by atoms with Gasteiger partial charge in [0.1, 0.15) is 5.82 Å². The van der Waals surface area contributed by atoms with Gasteiger partial charge >= 0.3 is 0 Å². The molecule has 2 N–H and O–H groups in total. The third-order valence-electron chi connectivity index (χ3n) is 3.79. The molecule has 0 radical (unpaired) electrons. The Labute approximate surface area is 113 Å². The van der Waals surface area contributed by atoms with Crippen LogP contribution >= 0.6 is 0 Å². The van der Waals surface area contributed by atoms with Crippen molar-refractivity contribution in [2.45, 2.75) is 32.7 Å². The molecule has 0 saturated carbocycles. The van der Waals surface area contributed by atoms with Crippen LogP contribution < -0.4 is 5.73 Å². The average Bonchev–Trinajstić information content (AvgIpc) is 2.99. The van der Waals surface area contributed by atoms with Gasteiger partial charge in [0.05, 0.1) is 17.6 Å². The van der Waals surface area contributed by atoms with Crippen LogP contribution in [0.25, 0.3) is 11.0 Å². The molecule has 1 aliphatic heterocycles. The summed E-state index contributed by atoms with van der Waals surface area (Å²) >= 11 is 0. The molecular weight excluding hydrogens is 238 g/mol. The van der Waals surface area contributed by atoms with Gasteiger partial charge in [-0.1, -0.05) is 6.92 Å². The van der Waals surface area contributed by atoms with Crippen LogP contribution in [0.1, 0.15) is 25.6 Å². The molecule has 2 heterocycles. The molecule has 1 aromatic heterocycles. The molecule has 2 aromatic rings. The SMILES string of the molecule is CCCc1nc2cc(N)ccc2n1CC1CCOC1. The number of aromatic nitrogens is 2. The van der Waals surface area contributed by atoms with Crippen molar-refractivity contribution >= 4 is 16.7 Å². The van der Waals surface area contributed by atoms with Crippen LogP contribution in [-0.2, 0) is 17.7 Å². The fourth-order valence-corrected chi connectivity index (χ4v) is 2.80. The van der Waals surface area contributed by atoms with Crippen molar-refractivity contribution in [2.24, 2.45) is 5.92 Å². The largest absolute Gasteiger partial charge is 0.399 e. The number of anilines is 1. The maximum atomic E-state index is 5.85. The number of imidazole rings is 1. The average molecular weight is 259 g/mol. The Morgan fingerprint density at radius 2 is 2.37 bits per heavy atom. The lowest BCUT2D eigenvalue weighted by Gasteiger charge is -2.13. The van der Waals surface area contributed by atoms with Gasteiger partial charge in [-0.3, -0.25) is 0 Å². The van der Waals surface area contributed by atoms with E-state index in [-0.39, 0.29) is 0 Å². The highest BCUT2D eigenvalue weighted by Gasteiger charge is 2.19. The molecule has 0 spiro atoms. The summed E-state index contributed by atoms with van der Waals surface area (Å²) in [5, 5.41) is 0. The van der Waals surface area contributed by atoms with Gasteiger partial charge < -0.3 is 15.0 Å². The molecule has 1 unspecified atom stereocenters. The standard InChI is InChI=1S/C15H21N3O/c1-2-3-15-17-13-8-12(16)4-5-14(13)18(15)9-11-6-7-19-10-11/h4-5,8,11H,2-3,6-7,9-10,16H2,1H3. The van der Waals surface area contributed by atoms with Crippen LogP contribution in [0.3, 0.4) is 0 Å². The molecule has 1 aromatic carbocycles. The van der Waals surface area contributed by atoms with Crippen molar-refractivity contribution in [1.29, 1.82) is 0 Å². The molecule has 1 fully saturated rings. The van der Waals surface area contributed by atoms with E-state index in [2.05, 4.69) is 17.6 Å². The zero-order chi connectivity index (χ0) is 13.2. The summed E-state index contributed by atoms with van der Waals surface area (Å²) in [6.07, 6.45) is 3.28. The van der Waals surface area contributed by atoms with Gasteiger partial charge in [-0.25, -0.2) is 4.98 Å². The van der Waals surface area contributed by atoms with Gasteiger partial charge in [-0.05, 0) is 31.0 Å². The second-order valence-electron chi connectivity index (χ2n) is 5.37. The molecule has 102 valence electrons. The number of fused-ring (bicyclic) bond motifs is 1. The molecule has 0 amide bonds. The molecule has 1 aliphatic rings. The molecule has 0 aliphatic carbocycles. The molecular formula is C15H21N3O. The van der Waals surface area contributed by atoms with Crippen LogP contribution in [-0.4, -0.2) is 22.8 Å². The number of nitrogens with zero attached hydrogens (tertiary/aromatic N) is 2. The number of ether oxygens (including phenoxy) is 1. The van der Waals surface area contributed by atoms with Gasteiger partial charge in [0.15, 0.2) is 0 Å². The minimum atomic E-state index is 0.616. The molecule has 1 atom stereocenters. The van der Waals surface area contributed by atoms with E-state index in [9.17, 15) is 0 Å². The zero-order valence-electron chi connectivity index (χ0n) is 11.4. The van der Waals surface area contributed by atoms with E-state index in [4.69, 9.17) is 15.5 Å². The number of benzene rings is 1. The Morgan fingerprint density at radius 3 is 3.11 bits per heavy atom. The second kappa shape index (κ2) is 5.21. The quantitative estimate of drug-likeness (QED) is 0.859. The Morgan fingerprint density at radius 1 is 1.47 bits per heavy atom. The fourth-order valence-electron chi connectivity index (χ4n) is 2.80. The first-order valence-electron chi connectivity index (χ1n) is 7.10. The van der Waals surface area contributed by atoms with Crippen LogP contribution in [0.15, 0.2) is 18.2 Å². The summed E-state index contributed by atoms with van der Waals surface area (Å²) in [6.45, 7) is 4.97. The van der Waals surface area contributed by atoms with Gasteiger partial charge in [0, 0.05) is 31.2 Å². The highest BCUT2D eigenvalue weighted by Crippen LogP contribution is 2.23. The van der Waals surface area contributed by atoms with Gasteiger partial charge in [0.2, 0.25) is 0 Å². The van der Waals surface area contributed by atoms with Crippen molar-refractivity contribution in [3.63, 3.8) is 0 Å². The van der Waals surface area contributed by atoms with Crippen LogP contribution in [0.2, 0.25) is 0 Å². The maximum Gasteiger partial charge on any atom is 0.109 e. The number of hydrogen-bond donors (Lipinski definition) is 1. The first-order valence-corrected chi connectivity index (χ1v) is 7.10. The topological polar surface area (TPSA) is 53.1 Å². The molecule has 0 bridgehead atoms. The number of aryl methyl sites for hydroxylation is 1. The lowest BCUT2D eigenvalue weighted by Crippen LogP contribution is -2.13. The molecule has 4 nitrogen and oxygen atoms in total. The van der Waals surface area contributed by atoms with Crippen LogP contribution in [0, 0.1) is 5.92 Å². The van der Waals surface area contributed by atoms with E-state index in [0.717, 1.165) is 50.2 Å². The predicted molar refractivity (Wildman–Crippen MR) is 77.1 cm³/mol. The first-order chi connectivity index (χ1) is 9.28. The molecule has 3 rings (SSSR count). The van der Waals surface area contributed by atoms with Gasteiger partial charge in [-0.2, -0.15) is 0 Å². The summed E-state index contributed by atoms with van der Waals surface area (Å²) < 4.78 is 7.84. The van der Waals surface area contributed by atoms with Gasteiger partial charge in [0.25, 0.3) is 0 Å². The van der Waals surface area contributed by atoms with E-state index in [1.54, 1.807) is 0 Å². The smallest absolute Gasteiger partial charge is 0.109 e.